The largest absolute Gasteiger partial charge is 0.494 e. The molecule has 0 aliphatic carbocycles. The maximum absolute atomic E-state index is 11.8. The predicted octanol–water partition coefficient (Wildman–Crippen LogP) is 2.59. The summed E-state index contributed by atoms with van der Waals surface area (Å²) < 4.78 is 5.35. The quantitative estimate of drug-likeness (QED) is 0.874. The topological polar surface area (TPSA) is 50.4 Å². The number of halogens is 1. The van der Waals surface area contributed by atoms with Crippen LogP contribution in [-0.2, 0) is 4.79 Å². The molecule has 1 saturated heterocycles. The van der Waals surface area contributed by atoms with Crippen molar-refractivity contribution in [1.29, 1.82) is 0 Å². The van der Waals surface area contributed by atoms with Crippen LogP contribution >= 0.6 is 12.4 Å². The summed E-state index contributed by atoms with van der Waals surface area (Å²) in [4.78, 5) is 11.8. The zero-order valence-corrected chi connectivity index (χ0v) is 12.0. The second kappa shape index (κ2) is 8.02. The summed E-state index contributed by atoms with van der Waals surface area (Å²) >= 11 is 0. The third-order valence-electron chi connectivity index (χ3n) is 3.04. The van der Waals surface area contributed by atoms with E-state index < -0.39 is 0 Å². The number of hydrogen-bond acceptors (Lipinski definition) is 3. The Hall–Kier alpha value is -1.26. The summed E-state index contributed by atoms with van der Waals surface area (Å²) in [5.74, 6) is 0.895. The van der Waals surface area contributed by atoms with Gasteiger partial charge in [0.1, 0.15) is 5.75 Å². The van der Waals surface area contributed by atoms with E-state index >= 15 is 0 Å². The number of amides is 1. The molecule has 1 atom stereocenters. The average molecular weight is 285 g/mol. The van der Waals surface area contributed by atoms with Crippen molar-refractivity contribution in [3.63, 3.8) is 0 Å². The summed E-state index contributed by atoms with van der Waals surface area (Å²) in [6.45, 7) is 3.63. The molecule has 1 heterocycles. The Labute approximate surface area is 120 Å². The van der Waals surface area contributed by atoms with Crippen LogP contribution in [-0.4, -0.2) is 25.1 Å². The Balaban J connectivity index is 0.00000180. The second-order valence-electron chi connectivity index (χ2n) is 4.50. The molecule has 1 fully saturated rings. The van der Waals surface area contributed by atoms with Gasteiger partial charge in [-0.3, -0.25) is 4.79 Å². The first-order chi connectivity index (χ1) is 8.78. The molecule has 1 aliphatic heterocycles. The predicted molar refractivity (Wildman–Crippen MR) is 79.1 cm³/mol. The van der Waals surface area contributed by atoms with Gasteiger partial charge in [-0.25, -0.2) is 0 Å². The van der Waals surface area contributed by atoms with Crippen LogP contribution in [0.2, 0.25) is 0 Å². The first kappa shape index (κ1) is 15.8. The summed E-state index contributed by atoms with van der Waals surface area (Å²) in [5, 5.41) is 6.22. The van der Waals surface area contributed by atoms with Crippen LogP contribution in [0.1, 0.15) is 26.2 Å². The minimum Gasteiger partial charge on any atom is -0.494 e. The average Bonchev–Trinajstić information content (AvgIpc) is 2.84. The van der Waals surface area contributed by atoms with Crippen LogP contribution in [0.5, 0.6) is 5.75 Å². The van der Waals surface area contributed by atoms with Gasteiger partial charge in [0.05, 0.1) is 6.61 Å². The van der Waals surface area contributed by atoms with Gasteiger partial charge in [0.25, 0.3) is 0 Å². The fourth-order valence-corrected chi connectivity index (χ4v) is 2.17. The van der Waals surface area contributed by atoms with Crippen LogP contribution in [0.25, 0.3) is 0 Å². The third kappa shape index (κ3) is 5.09. The summed E-state index contributed by atoms with van der Waals surface area (Å²) in [5.41, 5.74) is 0.821. The number of hydrogen-bond donors (Lipinski definition) is 2. The van der Waals surface area contributed by atoms with Gasteiger partial charge < -0.3 is 15.4 Å². The van der Waals surface area contributed by atoms with Crippen molar-refractivity contribution in [2.45, 2.75) is 32.2 Å². The van der Waals surface area contributed by atoms with Gasteiger partial charge in [-0.05, 0) is 50.6 Å². The van der Waals surface area contributed by atoms with Crippen LogP contribution < -0.4 is 15.4 Å². The smallest absolute Gasteiger partial charge is 0.225 e. The van der Waals surface area contributed by atoms with Gasteiger partial charge >= 0.3 is 0 Å². The molecular weight excluding hydrogens is 264 g/mol. The van der Waals surface area contributed by atoms with E-state index in [0.29, 0.717) is 19.1 Å². The highest BCUT2D eigenvalue weighted by atomic mass is 35.5. The van der Waals surface area contributed by atoms with E-state index in [2.05, 4.69) is 10.6 Å². The number of anilines is 1. The molecule has 0 radical (unpaired) electrons. The maximum Gasteiger partial charge on any atom is 0.225 e. The Morgan fingerprint density at radius 1 is 1.42 bits per heavy atom. The zero-order valence-electron chi connectivity index (χ0n) is 11.1. The van der Waals surface area contributed by atoms with E-state index in [4.69, 9.17) is 4.74 Å². The lowest BCUT2D eigenvalue weighted by Crippen LogP contribution is -2.27. The number of benzene rings is 1. The van der Waals surface area contributed by atoms with Gasteiger partial charge in [0.2, 0.25) is 5.91 Å². The minimum absolute atomic E-state index is 0. The number of ether oxygens (including phenoxy) is 1. The van der Waals surface area contributed by atoms with Crippen molar-refractivity contribution in [2.75, 3.05) is 18.5 Å². The van der Waals surface area contributed by atoms with E-state index in [1.165, 1.54) is 6.42 Å². The highest BCUT2D eigenvalue weighted by Gasteiger charge is 2.17. The normalized spacial score (nSPS) is 17.6. The van der Waals surface area contributed by atoms with Crippen LogP contribution in [0.4, 0.5) is 5.69 Å². The van der Waals surface area contributed by atoms with E-state index in [1.54, 1.807) is 0 Å². The molecular formula is C14H21ClN2O2. The molecule has 2 N–H and O–H groups in total. The van der Waals surface area contributed by atoms with E-state index in [9.17, 15) is 4.79 Å². The van der Waals surface area contributed by atoms with E-state index in [0.717, 1.165) is 24.4 Å². The standard InChI is InChI=1S/C14H20N2O2.ClH/c1-2-18-13-7-5-11(6-8-13)16-14(17)10-12-4-3-9-15-12;/h5-8,12,15H,2-4,9-10H2,1H3,(H,16,17);1H. The number of carbonyl (C=O) groups excluding carboxylic acids is 1. The Morgan fingerprint density at radius 2 is 2.16 bits per heavy atom. The first-order valence-corrected chi connectivity index (χ1v) is 6.54. The summed E-state index contributed by atoms with van der Waals surface area (Å²) in [7, 11) is 0. The molecule has 4 nitrogen and oxygen atoms in total. The maximum atomic E-state index is 11.8. The Bertz CT molecular complexity index is 389. The van der Waals surface area contributed by atoms with E-state index in [1.807, 2.05) is 31.2 Å². The lowest BCUT2D eigenvalue weighted by molar-refractivity contribution is -0.116. The van der Waals surface area contributed by atoms with Crippen molar-refractivity contribution in [2.24, 2.45) is 0 Å². The molecule has 2 rings (SSSR count). The number of rotatable bonds is 5. The molecule has 1 aromatic rings. The van der Waals surface area contributed by atoms with Gasteiger partial charge in [0.15, 0.2) is 0 Å². The lowest BCUT2D eigenvalue weighted by atomic mass is 10.1. The number of carbonyl (C=O) groups is 1. The third-order valence-corrected chi connectivity index (χ3v) is 3.04. The van der Waals surface area contributed by atoms with Crippen molar-refractivity contribution >= 4 is 24.0 Å². The Morgan fingerprint density at radius 3 is 2.74 bits per heavy atom. The van der Waals surface area contributed by atoms with Crippen LogP contribution in [0, 0.1) is 0 Å². The van der Waals surface area contributed by atoms with Crippen molar-refractivity contribution in [3.05, 3.63) is 24.3 Å². The first-order valence-electron chi connectivity index (χ1n) is 6.54. The molecule has 1 aliphatic rings. The highest BCUT2D eigenvalue weighted by molar-refractivity contribution is 5.91. The molecule has 1 aromatic carbocycles. The van der Waals surface area contributed by atoms with Gasteiger partial charge in [-0.2, -0.15) is 0 Å². The molecule has 1 unspecified atom stereocenters. The summed E-state index contributed by atoms with van der Waals surface area (Å²) in [6.07, 6.45) is 2.81. The monoisotopic (exact) mass is 284 g/mol. The lowest BCUT2D eigenvalue weighted by Gasteiger charge is -2.11. The van der Waals surface area contributed by atoms with Gasteiger partial charge in [0, 0.05) is 18.2 Å². The molecule has 0 spiro atoms. The van der Waals surface area contributed by atoms with Crippen molar-refractivity contribution in [1.82, 2.24) is 5.32 Å². The minimum atomic E-state index is 0. The van der Waals surface area contributed by atoms with Crippen molar-refractivity contribution in [3.8, 4) is 5.75 Å². The summed E-state index contributed by atoms with van der Waals surface area (Å²) in [6, 6.07) is 7.81. The van der Waals surface area contributed by atoms with Gasteiger partial charge in [-0.15, -0.1) is 12.4 Å². The van der Waals surface area contributed by atoms with Crippen molar-refractivity contribution < 1.29 is 9.53 Å². The van der Waals surface area contributed by atoms with Crippen LogP contribution in [0.15, 0.2) is 24.3 Å². The molecule has 1 amide bonds. The van der Waals surface area contributed by atoms with E-state index in [-0.39, 0.29) is 18.3 Å². The molecule has 19 heavy (non-hydrogen) atoms. The van der Waals surface area contributed by atoms with Crippen LogP contribution in [0.3, 0.4) is 0 Å². The SMILES string of the molecule is CCOc1ccc(NC(=O)CC2CCCN2)cc1.Cl. The highest BCUT2D eigenvalue weighted by Crippen LogP contribution is 2.16. The fourth-order valence-electron chi connectivity index (χ4n) is 2.17. The molecule has 5 heteroatoms. The Kier molecular flexibility index (Phi) is 6.67. The molecule has 0 saturated carbocycles. The molecule has 0 bridgehead atoms. The zero-order chi connectivity index (χ0) is 12.8. The number of nitrogens with one attached hydrogen (secondary N) is 2. The fraction of sp³-hybridized carbons (Fsp3) is 0.500. The molecule has 0 aromatic heterocycles. The molecule has 106 valence electrons. The van der Waals surface area contributed by atoms with Gasteiger partial charge in [-0.1, -0.05) is 0 Å². The second-order valence-corrected chi connectivity index (χ2v) is 4.50.